The molecule has 4 unspecified atom stereocenters. The Kier molecular flexibility index (Phi) is 5.47. The van der Waals surface area contributed by atoms with Crippen LogP contribution in [-0.2, 0) is 14.4 Å². The molecule has 8 nitrogen and oxygen atoms in total. The van der Waals surface area contributed by atoms with Crippen molar-refractivity contribution in [3.8, 4) is 5.75 Å². The van der Waals surface area contributed by atoms with Crippen LogP contribution in [0.4, 0.5) is 18.9 Å². The maximum atomic E-state index is 13.4. The molecule has 0 radical (unpaired) electrons. The van der Waals surface area contributed by atoms with Gasteiger partial charge in [-0.3, -0.25) is 24.5 Å². The molecule has 2 saturated heterocycles. The van der Waals surface area contributed by atoms with Gasteiger partial charge in [-0.15, -0.1) is 13.2 Å². The maximum absolute atomic E-state index is 13.4. The molecule has 0 bridgehead atoms. The molecule has 34 heavy (non-hydrogen) atoms. The molecule has 0 aliphatic carbocycles. The van der Waals surface area contributed by atoms with E-state index in [1.165, 1.54) is 50.2 Å². The number of fused-ring (bicyclic) bond motifs is 1. The zero-order chi connectivity index (χ0) is 25.0. The molecular weight excluding hydrogens is 457 g/mol. The van der Waals surface area contributed by atoms with Crippen molar-refractivity contribution in [2.45, 2.75) is 31.8 Å². The molecule has 2 heterocycles. The Hall–Kier alpha value is -3.73. The molecule has 2 aliphatic heterocycles. The first-order chi connectivity index (χ1) is 15.8. The second kappa shape index (κ2) is 7.94. The predicted molar refractivity (Wildman–Crippen MR) is 111 cm³/mol. The van der Waals surface area contributed by atoms with Gasteiger partial charge in [0.25, 0.3) is 0 Å². The number of imide groups is 1. The molecule has 2 aromatic carbocycles. The van der Waals surface area contributed by atoms with Crippen molar-refractivity contribution in [3.05, 3.63) is 59.7 Å². The van der Waals surface area contributed by atoms with Gasteiger partial charge in [-0.05, 0) is 55.8 Å². The van der Waals surface area contributed by atoms with Crippen LogP contribution in [0.3, 0.4) is 0 Å². The fraction of sp³-hybridized carbons (Fsp3) is 0.304. The van der Waals surface area contributed by atoms with Crippen LogP contribution in [0.15, 0.2) is 48.5 Å². The number of carboxylic acid groups (broad SMARTS) is 1. The van der Waals surface area contributed by atoms with Gasteiger partial charge in [-0.1, -0.05) is 12.1 Å². The van der Waals surface area contributed by atoms with E-state index >= 15 is 0 Å². The number of hydrogen-bond acceptors (Lipinski definition) is 6. The highest BCUT2D eigenvalue weighted by Gasteiger charge is 2.66. The number of Topliss-reactive ketones (excluding diaryl/α,β-unsaturated/α-hetero) is 1. The van der Waals surface area contributed by atoms with E-state index in [1.54, 1.807) is 0 Å². The van der Waals surface area contributed by atoms with Gasteiger partial charge in [0.15, 0.2) is 5.78 Å². The number of amides is 2. The third kappa shape index (κ3) is 3.81. The lowest BCUT2D eigenvalue weighted by atomic mass is 9.80. The number of carbonyl (C=O) groups is 4. The second-order valence-electron chi connectivity index (χ2n) is 8.37. The summed E-state index contributed by atoms with van der Waals surface area (Å²) in [5.41, 5.74) is -1.18. The topological polar surface area (TPSA) is 113 Å². The van der Waals surface area contributed by atoms with Crippen molar-refractivity contribution in [2.24, 2.45) is 11.8 Å². The zero-order valence-corrected chi connectivity index (χ0v) is 17.9. The fourth-order valence-electron chi connectivity index (χ4n) is 4.63. The number of aliphatic carboxylic acids is 1. The Balaban J connectivity index is 1.76. The molecule has 178 valence electrons. The minimum absolute atomic E-state index is 0.162. The first kappa shape index (κ1) is 23.4. The van der Waals surface area contributed by atoms with Crippen LogP contribution >= 0.6 is 0 Å². The number of nitrogens with one attached hydrogen (secondary N) is 1. The summed E-state index contributed by atoms with van der Waals surface area (Å²) in [6.07, 6.45) is -4.94. The van der Waals surface area contributed by atoms with Gasteiger partial charge >= 0.3 is 12.3 Å². The Morgan fingerprint density at radius 2 is 1.74 bits per heavy atom. The van der Waals surface area contributed by atoms with E-state index in [1.807, 2.05) is 0 Å². The molecule has 0 saturated carbocycles. The third-order valence-electron chi connectivity index (χ3n) is 6.21. The molecule has 0 aromatic heterocycles. The number of alkyl halides is 3. The van der Waals surface area contributed by atoms with Crippen LogP contribution in [-0.4, -0.2) is 40.6 Å². The van der Waals surface area contributed by atoms with Crippen molar-refractivity contribution in [3.63, 3.8) is 0 Å². The standard InChI is InChI=1S/C23H19F3N2O6/c1-11(29)12-6-8-14(9-7-12)28-19(30)16-17(20(28)31)22(2,21(32)33)27-18(16)13-4-3-5-15(10-13)34-23(24,25)26/h3-10,16-18,27H,1-2H3,(H,32,33). The van der Waals surface area contributed by atoms with Crippen LogP contribution < -0.4 is 15.0 Å². The molecular formula is C23H19F3N2O6. The number of carbonyl (C=O) groups excluding carboxylic acids is 3. The van der Waals surface area contributed by atoms with Gasteiger partial charge in [0.1, 0.15) is 11.3 Å². The normalized spacial score (nSPS) is 26.5. The summed E-state index contributed by atoms with van der Waals surface area (Å²) in [5.74, 6) is -6.11. The molecule has 0 spiro atoms. The smallest absolute Gasteiger partial charge is 0.480 e. The summed E-state index contributed by atoms with van der Waals surface area (Å²) in [6.45, 7) is 2.62. The van der Waals surface area contributed by atoms with Gasteiger partial charge < -0.3 is 9.84 Å². The summed E-state index contributed by atoms with van der Waals surface area (Å²) in [4.78, 5) is 51.3. The number of hydrogen-bond donors (Lipinski definition) is 2. The average Bonchev–Trinajstić information content (AvgIpc) is 3.21. The Morgan fingerprint density at radius 1 is 1.09 bits per heavy atom. The molecule has 2 N–H and O–H groups in total. The molecule has 11 heteroatoms. The summed E-state index contributed by atoms with van der Waals surface area (Å²) in [5, 5.41) is 12.7. The summed E-state index contributed by atoms with van der Waals surface area (Å²) >= 11 is 0. The SMILES string of the molecule is CC(=O)c1ccc(N2C(=O)C3C(c4cccc(OC(F)(F)F)c4)NC(C)(C(=O)O)C3C2=O)cc1. The average molecular weight is 476 g/mol. The number of nitrogens with zero attached hydrogens (tertiary/aromatic N) is 1. The van der Waals surface area contributed by atoms with Crippen molar-refractivity contribution >= 4 is 29.3 Å². The lowest BCUT2D eigenvalue weighted by Crippen LogP contribution is -2.53. The van der Waals surface area contributed by atoms with Crippen LogP contribution in [0.2, 0.25) is 0 Å². The minimum Gasteiger partial charge on any atom is -0.480 e. The number of anilines is 1. The van der Waals surface area contributed by atoms with E-state index in [-0.39, 0.29) is 17.0 Å². The summed E-state index contributed by atoms with van der Waals surface area (Å²) < 4.78 is 42.0. The Morgan fingerprint density at radius 3 is 2.29 bits per heavy atom. The number of ether oxygens (including phenoxy) is 1. The summed E-state index contributed by atoms with van der Waals surface area (Å²) in [7, 11) is 0. The Labute approximate surface area is 191 Å². The largest absolute Gasteiger partial charge is 0.573 e. The van der Waals surface area contributed by atoms with Crippen LogP contribution in [0, 0.1) is 11.8 Å². The molecule has 2 aromatic rings. The number of halogens is 3. The molecule has 4 rings (SSSR count). The zero-order valence-electron chi connectivity index (χ0n) is 17.9. The van der Waals surface area contributed by atoms with Gasteiger partial charge in [0.2, 0.25) is 11.8 Å². The molecule has 2 fully saturated rings. The minimum atomic E-state index is -4.94. The Bertz CT molecular complexity index is 1200. The van der Waals surface area contributed by atoms with Gasteiger partial charge in [-0.2, -0.15) is 0 Å². The van der Waals surface area contributed by atoms with Crippen molar-refractivity contribution in [1.82, 2.24) is 5.32 Å². The molecule has 2 aliphatic rings. The van der Waals surface area contributed by atoms with E-state index < -0.39 is 53.3 Å². The highest BCUT2D eigenvalue weighted by atomic mass is 19.4. The highest BCUT2D eigenvalue weighted by molar-refractivity contribution is 6.24. The summed E-state index contributed by atoms with van der Waals surface area (Å²) in [6, 6.07) is 9.46. The maximum Gasteiger partial charge on any atom is 0.573 e. The fourth-order valence-corrected chi connectivity index (χ4v) is 4.63. The lowest BCUT2D eigenvalue weighted by molar-refractivity contribution is -0.274. The van der Waals surface area contributed by atoms with E-state index in [2.05, 4.69) is 10.1 Å². The molecule has 2 amide bonds. The van der Waals surface area contributed by atoms with Gasteiger partial charge in [0, 0.05) is 11.6 Å². The van der Waals surface area contributed by atoms with Gasteiger partial charge in [-0.25, -0.2) is 4.90 Å². The van der Waals surface area contributed by atoms with Crippen LogP contribution in [0.1, 0.15) is 35.8 Å². The van der Waals surface area contributed by atoms with E-state index in [4.69, 9.17) is 0 Å². The first-order valence-electron chi connectivity index (χ1n) is 10.2. The van der Waals surface area contributed by atoms with Crippen LogP contribution in [0.25, 0.3) is 0 Å². The third-order valence-corrected chi connectivity index (χ3v) is 6.21. The monoisotopic (exact) mass is 476 g/mol. The van der Waals surface area contributed by atoms with Crippen molar-refractivity contribution in [1.29, 1.82) is 0 Å². The number of rotatable bonds is 5. The van der Waals surface area contributed by atoms with E-state index in [0.29, 0.717) is 5.56 Å². The van der Waals surface area contributed by atoms with E-state index in [9.17, 15) is 37.5 Å². The first-order valence-corrected chi connectivity index (χ1v) is 10.2. The number of ketones is 1. The van der Waals surface area contributed by atoms with Crippen molar-refractivity contribution < 1.29 is 42.2 Å². The lowest BCUT2D eigenvalue weighted by Gasteiger charge is -2.27. The highest BCUT2D eigenvalue weighted by Crippen LogP contribution is 2.50. The predicted octanol–water partition coefficient (Wildman–Crippen LogP) is 3.08. The quantitative estimate of drug-likeness (QED) is 0.504. The second-order valence-corrected chi connectivity index (χ2v) is 8.37. The molecule has 4 atom stereocenters. The van der Waals surface area contributed by atoms with Gasteiger partial charge in [0.05, 0.1) is 17.5 Å². The number of carboxylic acids is 1. The van der Waals surface area contributed by atoms with Crippen LogP contribution in [0.5, 0.6) is 5.75 Å². The number of benzene rings is 2. The van der Waals surface area contributed by atoms with E-state index in [0.717, 1.165) is 17.0 Å². The van der Waals surface area contributed by atoms with Crippen molar-refractivity contribution in [2.75, 3.05) is 4.90 Å².